The highest BCUT2D eigenvalue weighted by atomic mass is 19.1. The van der Waals surface area contributed by atoms with Crippen LogP contribution < -0.4 is 10.5 Å². The average molecular weight is 199 g/mol. The molecule has 14 heavy (non-hydrogen) atoms. The molecular formula is C10H11F2NO. The summed E-state index contributed by atoms with van der Waals surface area (Å²) in [4.78, 5) is 0. The van der Waals surface area contributed by atoms with E-state index in [9.17, 15) is 8.78 Å². The van der Waals surface area contributed by atoms with Gasteiger partial charge < -0.3 is 10.5 Å². The Hall–Kier alpha value is -1.42. The van der Waals surface area contributed by atoms with Crippen molar-refractivity contribution >= 4 is 0 Å². The van der Waals surface area contributed by atoms with Crippen LogP contribution in [0, 0.1) is 11.6 Å². The smallest absolute Gasteiger partial charge is 0.168 e. The van der Waals surface area contributed by atoms with Gasteiger partial charge in [0.1, 0.15) is 5.82 Å². The lowest BCUT2D eigenvalue weighted by molar-refractivity contribution is 0.377. The number of nitrogens with two attached hydrogens (primary N) is 1. The van der Waals surface area contributed by atoms with Gasteiger partial charge in [0.15, 0.2) is 11.6 Å². The van der Waals surface area contributed by atoms with Crippen molar-refractivity contribution in [3.8, 4) is 5.75 Å². The number of hydrogen-bond donors (Lipinski definition) is 1. The maximum Gasteiger partial charge on any atom is 0.168 e. The van der Waals surface area contributed by atoms with Gasteiger partial charge in [0, 0.05) is 11.6 Å². The first-order chi connectivity index (χ1) is 6.60. The van der Waals surface area contributed by atoms with Gasteiger partial charge in [-0.15, -0.1) is 6.58 Å². The lowest BCUT2D eigenvalue weighted by Crippen LogP contribution is -2.09. The zero-order valence-electron chi connectivity index (χ0n) is 7.76. The third kappa shape index (κ3) is 1.90. The molecule has 0 spiro atoms. The maximum absolute atomic E-state index is 13.2. The van der Waals surface area contributed by atoms with E-state index in [1.165, 1.54) is 13.2 Å². The third-order valence-electron chi connectivity index (χ3n) is 1.85. The summed E-state index contributed by atoms with van der Waals surface area (Å²) < 4.78 is 30.8. The summed E-state index contributed by atoms with van der Waals surface area (Å²) in [6.45, 7) is 3.45. The Morgan fingerprint density at radius 1 is 1.50 bits per heavy atom. The standard InChI is InChI=1S/C10H11F2NO/c1-3-9(13)7-4-6(11)5-8(12)10(7)14-2/h3-5,9H,1,13H2,2H3/t9-/m1/s1. The third-order valence-corrected chi connectivity index (χ3v) is 1.85. The first-order valence-electron chi connectivity index (χ1n) is 4.01. The fraction of sp³-hybridized carbons (Fsp3) is 0.200. The van der Waals surface area contributed by atoms with Gasteiger partial charge in [0.05, 0.1) is 13.2 Å². The van der Waals surface area contributed by atoms with Crippen LogP contribution in [-0.2, 0) is 0 Å². The van der Waals surface area contributed by atoms with E-state index in [0.29, 0.717) is 0 Å². The Bertz CT molecular complexity index is 352. The Labute approximate surface area is 81.0 Å². The van der Waals surface area contributed by atoms with Crippen molar-refractivity contribution in [3.05, 3.63) is 42.0 Å². The summed E-state index contributed by atoms with van der Waals surface area (Å²) in [5.74, 6) is -1.49. The second-order valence-electron chi connectivity index (χ2n) is 2.77. The van der Waals surface area contributed by atoms with Crippen molar-refractivity contribution in [1.82, 2.24) is 0 Å². The van der Waals surface area contributed by atoms with Crippen LogP contribution >= 0.6 is 0 Å². The van der Waals surface area contributed by atoms with Crippen LogP contribution in [0.2, 0.25) is 0 Å². The maximum atomic E-state index is 13.2. The van der Waals surface area contributed by atoms with E-state index < -0.39 is 17.7 Å². The van der Waals surface area contributed by atoms with Crippen molar-refractivity contribution in [3.63, 3.8) is 0 Å². The van der Waals surface area contributed by atoms with Gasteiger partial charge in [0.2, 0.25) is 0 Å². The molecule has 0 aliphatic rings. The van der Waals surface area contributed by atoms with Crippen LogP contribution in [0.3, 0.4) is 0 Å². The fourth-order valence-corrected chi connectivity index (χ4v) is 1.17. The summed E-state index contributed by atoms with van der Waals surface area (Å²) in [7, 11) is 1.30. The summed E-state index contributed by atoms with van der Waals surface area (Å²) in [5.41, 5.74) is 5.83. The van der Waals surface area contributed by atoms with Gasteiger partial charge in [-0.05, 0) is 6.07 Å². The second kappa shape index (κ2) is 4.19. The highest BCUT2D eigenvalue weighted by Crippen LogP contribution is 2.28. The summed E-state index contributed by atoms with van der Waals surface area (Å²) in [6.07, 6.45) is 1.39. The Morgan fingerprint density at radius 2 is 2.14 bits per heavy atom. The number of halogens is 2. The molecule has 1 aromatic rings. The molecule has 1 rings (SSSR count). The van der Waals surface area contributed by atoms with Crippen molar-refractivity contribution in [2.45, 2.75) is 6.04 Å². The summed E-state index contributed by atoms with van der Waals surface area (Å²) >= 11 is 0. The largest absolute Gasteiger partial charge is 0.493 e. The first kappa shape index (κ1) is 10.7. The van der Waals surface area contributed by atoms with Crippen LogP contribution in [0.15, 0.2) is 24.8 Å². The van der Waals surface area contributed by atoms with Crippen LogP contribution in [0.4, 0.5) is 8.78 Å². The normalized spacial score (nSPS) is 12.3. The van der Waals surface area contributed by atoms with Gasteiger partial charge in [-0.3, -0.25) is 0 Å². The molecule has 0 aromatic heterocycles. The van der Waals surface area contributed by atoms with Crippen molar-refractivity contribution in [2.75, 3.05) is 7.11 Å². The molecule has 0 saturated heterocycles. The minimum absolute atomic E-state index is 0.0428. The Balaban J connectivity index is 3.31. The quantitative estimate of drug-likeness (QED) is 0.757. The van der Waals surface area contributed by atoms with Gasteiger partial charge >= 0.3 is 0 Å². The lowest BCUT2D eigenvalue weighted by Gasteiger charge is -2.12. The van der Waals surface area contributed by atoms with E-state index >= 15 is 0 Å². The molecule has 0 amide bonds. The van der Waals surface area contributed by atoms with Gasteiger partial charge in [-0.25, -0.2) is 8.78 Å². The van der Waals surface area contributed by atoms with Gasteiger partial charge in [-0.1, -0.05) is 6.08 Å². The highest BCUT2D eigenvalue weighted by molar-refractivity contribution is 5.39. The molecule has 0 radical (unpaired) electrons. The molecular weight excluding hydrogens is 188 g/mol. The number of benzene rings is 1. The topological polar surface area (TPSA) is 35.2 Å². The molecule has 0 aliphatic heterocycles. The molecule has 0 fully saturated rings. The van der Waals surface area contributed by atoms with Crippen LogP contribution in [0.25, 0.3) is 0 Å². The summed E-state index contributed by atoms with van der Waals surface area (Å²) in [5, 5.41) is 0. The molecule has 0 saturated carbocycles. The SMILES string of the molecule is C=C[C@@H](N)c1cc(F)cc(F)c1OC. The predicted octanol–water partition coefficient (Wildman–Crippen LogP) is 2.16. The second-order valence-corrected chi connectivity index (χ2v) is 2.77. The minimum Gasteiger partial charge on any atom is -0.493 e. The zero-order valence-corrected chi connectivity index (χ0v) is 7.76. The van der Waals surface area contributed by atoms with Crippen LogP contribution in [0.5, 0.6) is 5.75 Å². The van der Waals surface area contributed by atoms with E-state index in [-0.39, 0.29) is 11.3 Å². The van der Waals surface area contributed by atoms with E-state index in [1.54, 1.807) is 0 Å². The molecule has 0 unspecified atom stereocenters. The lowest BCUT2D eigenvalue weighted by atomic mass is 10.1. The molecule has 1 atom stereocenters. The number of rotatable bonds is 3. The average Bonchev–Trinajstić information content (AvgIpc) is 2.15. The molecule has 0 aliphatic carbocycles. The van der Waals surface area contributed by atoms with Gasteiger partial charge in [0.25, 0.3) is 0 Å². The molecule has 0 bridgehead atoms. The van der Waals surface area contributed by atoms with E-state index in [2.05, 4.69) is 6.58 Å². The molecule has 2 nitrogen and oxygen atoms in total. The fourth-order valence-electron chi connectivity index (χ4n) is 1.17. The number of ether oxygens (including phenoxy) is 1. The Morgan fingerprint density at radius 3 is 2.64 bits per heavy atom. The number of methoxy groups -OCH3 is 1. The molecule has 2 N–H and O–H groups in total. The van der Waals surface area contributed by atoms with Gasteiger partial charge in [-0.2, -0.15) is 0 Å². The molecule has 4 heteroatoms. The Kier molecular flexibility index (Phi) is 3.19. The van der Waals surface area contributed by atoms with Crippen molar-refractivity contribution in [1.29, 1.82) is 0 Å². The van der Waals surface area contributed by atoms with E-state index in [0.717, 1.165) is 12.1 Å². The molecule has 0 heterocycles. The van der Waals surface area contributed by atoms with E-state index in [4.69, 9.17) is 10.5 Å². The monoisotopic (exact) mass is 199 g/mol. The van der Waals surface area contributed by atoms with Crippen molar-refractivity contribution < 1.29 is 13.5 Å². The molecule has 76 valence electrons. The van der Waals surface area contributed by atoms with Crippen molar-refractivity contribution in [2.24, 2.45) is 5.73 Å². The summed E-state index contributed by atoms with van der Waals surface area (Å²) in [6, 6.07) is 1.24. The van der Waals surface area contributed by atoms with Crippen LogP contribution in [0.1, 0.15) is 11.6 Å². The van der Waals surface area contributed by atoms with E-state index in [1.807, 2.05) is 0 Å². The first-order valence-corrected chi connectivity index (χ1v) is 4.01. The zero-order chi connectivity index (χ0) is 10.7. The predicted molar refractivity (Wildman–Crippen MR) is 50.0 cm³/mol. The number of hydrogen-bond acceptors (Lipinski definition) is 2. The highest BCUT2D eigenvalue weighted by Gasteiger charge is 2.15. The molecule has 1 aromatic carbocycles. The minimum atomic E-state index is -0.764. The van der Waals surface area contributed by atoms with Crippen LogP contribution in [-0.4, -0.2) is 7.11 Å².